The smallest absolute Gasteiger partial charge is 0.323 e. The molecule has 12 heavy (non-hydrogen) atoms. The number of hydrogen-bond donors (Lipinski definition) is 3. The van der Waals surface area contributed by atoms with E-state index in [-0.39, 0.29) is 12.4 Å². The molecule has 0 aromatic carbocycles. The Bertz CT molecular complexity index is 215. The van der Waals surface area contributed by atoms with E-state index in [1.54, 1.807) is 0 Å². The van der Waals surface area contributed by atoms with E-state index in [9.17, 15) is 4.79 Å². The van der Waals surface area contributed by atoms with E-state index in [4.69, 9.17) is 10.2 Å². The third-order valence-corrected chi connectivity index (χ3v) is 2.47. The zero-order valence-electron chi connectivity index (χ0n) is 6.34. The van der Waals surface area contributed by atoms with Crippen LogP contribution in [-0.4, -0.2) is 40.4 Å². The summed E-state index contributed by atoms with van der Waals surface area (Å²) in [5.74, 6) is 0.930. The lowest BCUT2D eigenvalue weighted by Crippen LogP contribution is -2.42. The Labute approximate surface area is 71.7 Å². The highest BCUT2D eigenvalue weighted by Crippen LogP contribution is 2.12. The van der Waals surface area contributed by atoms with Gasteiger partial charge in [-0.3, -0.25) is 10.1 Å². The van der Waals surface area contributed by atoms with Gasteiger partial charge in [0.1, 0.15) is 6.04 Å². The molecular weight excluding hydrogens is 177 g/mol. The minimum absolute atomic E-state index is 0.0262. The second-order valence-corrected chi connectivity index (χ2v) is 3.52. The van der Waals surface area contributed by atoms with Crippen LogP contribution in [0.3, 0.4) is 0 Å². The summed E-state index contributed by atoms with van der Waals surface area (Å²) in [5.41, 5.74) is 0. The van der Waals surface area contributed by atoms with Crippen molar-refractivity contribution in [1.29, 1.82) is 0 Å². The van der Waals surface area contributed by atoms with Crippen molar-refractivity contribution in [2.24, 2.45) is 0 Å². The molecule has 0 radical (unpaired) electrons. The maximum absolute atomic E-state index is 10.5. The second-order valence-electron chi connectivity index (χ2n) is 2.37. The van der Waals surface area contributed by atoms with E-state index in [2.05, 4.69) is 5.32 Å². The number of hydrogen-bond acceptors (Lipinski definition) is 3. The van der Waals surface area contributed by atoms with Crippen molar-refractivity contribution in [2.75, 3.05) is 6.61 Å². The van der Waals surface area contributed by atoms with Crippen LogP contribution in [0.5, 0.6) is 0 Å². The molecular formula is C7H10NO3P. The van der Waals surface area contributed by atoms with Gasteiger partial charge < -0.3 is 10.2 Å². The number of nitrogens with one attached hydrogen (secondary N) is 1. The van der Waals surface area contributed by atoms with Crippen molar-refractivity contribution < 1.29 is 15.0 Å². The second kappa shape index (κ2) is 4.36. The van der Waals surface area contributed by atoms with Crippen LogP contribution in [0, 0.1) is 0 Å². The van der Waals surface area contributed by atoms with Gasteiger partial charge in [0.2, 0.25) is 0 Å². The summed E-state index contributed by atoms with van der Waals surface area (Å²) in [6, 6.07) is -0.862. The third kappa shape index (κ3) is 2.41. The van der Waals surface area contributed by atoms with Gasteiger partial charge in [-0.25, -0.2) is 0 Å². The largest absolute Gasteiger partial charge is 0.480 e. The minimum Gasteiger partial charge on any atom is -0.480 e. The predicted molar refractivity (Wildman–Crippen MR) is 47.6 cm³/mol. The van der Waals surface area contributed by atoms with Crippen molar-refractivity contribution >= 4 is 20.0 Å². The van der Waals surface area contributed by atoms with Gasteiger partial charge in [0.05, 0.1) is 12.4 Å². The van der Waals surface area contributed by atoms with Gasteiger partial charge in [-0.1, -0.05) is 20.4 Å². The van der Waals surface area contributed by atoms with E-state index in [0.29, 0.717) is 0 Å². The summed E-state index contributed by atoms with van der Waals surface area (Å²) < 4.78 is 0. The molecule has 0 aliphatic carbocycles. The minimum atomic E-state index is -1.02. The summed E-state index contributed by atoms with van der Waals surface area (Å²) in [4.78, 5) is 10.5. The molecule has 0 saturated carbocycles. The van der Waals surface area contributed by atoms with Crippen LogP contribution in [-0.2, 0) is 4.79 Å². The SMILES string of the molecule is O=C(O)C(CO)NC1C=CC=P1. The quantitative estimate of drug-likeness (QED) is 0.527. The van der Waals surface area contributed by atoms with Crippen molar-refractivity contribution in [2.45, 2.75) is 11.8 Å². The first kappa shape index (κ1) is 9.39. The van der Waals surface area contributed by atoms with E-state index in [1.165, 1.54) is 0 Å². The monoisotopic (exact) mass is 187 g/mol. The molecule has 0 bridgehead atoms. The van der Waals surface area contributed by atoms with Gasteiger partial charge in [0.25, 0.3) is 0 Å². The predicted octanol–water partition coefficient (Wildman–Crippen LogP) is -0.334. The molecule has 3 N–H and O–H groups in total. The third-order valence-electron chi connectivity index (χ3n) is 1.48. The van der Waals surface area contributed by atoms with Crippen LogP contribution in [0.1, 0.15) is 0 Å². The van der Waals surface area contributed by atoms with Crippen molar-refractivity contribution in [1.82, 2.24) is 5.32 Å². The van der Waals surface area contributed by atoms with Crippen LogP contribution >= 0.6 is 8.20 Å². The maximum Gasteiger partial charge on any atom is 0.323 e. The van der Waals surface area contributed by atoms with Crippen LogP contribution in [0.4, 0.5) is 0 Å². The first-order chi connectivity index (χ1) is 5.74. The molecule has 0 aromatic heterocycles. The average Bonchev–Trinajstić information content (AvgIpc) is 2.51. The van der Waals surface area contributed by atoms with Crippen molar-refractivity contribution in [3.05, 3.63) is 12.2 Å². The van der Waals surface area contributed by atoms with Gasteiger partial charge in [0.15, 0.2) is 0 Å². The fraction of sp³-hybridized carbons (Fsp3) is 0.429. The topological polar surface area (TPSA) is 69.6 Å². The number of allylic oxidation sites excluding steroid dienone is 1. The van der Waals surface area contributed by atoms with E-state index in [0.717, 1.165) is 8.20 Å². The molecule has 4 nitrogen and oxygen atoms in total. The summed E-state index contributed by atoms with van der Waals surface area (Å²) in [6.07, 6.45) is 3.74. The molecule has 0 fully saturated rings. The summed E-state index contributed by atoms with van der Waals surface area (Å²) >= 11 is 0. The lowest BCUT2D eigenvalue weighted by Gasteiger charge is -2.13. The molecule has 66 valence electrons. The highest BCUT2D eigenvalue weighted by Gasteiger charge is 2.18. The van der Waals surface area contributed by atoms with Crippen LogP contribution in [0.25, 0.3) is 0 Å². The molecule has 0 aromatic rings. The number of carbonyl (C=O) groups is 1. The fourth-order valence-corrected chi connectivity index (χ4v) is 1.70. The lowest BCUT2D eigenvalue weighted by molar-refractivity contribution is -0.140. The summed E-state index contributed by atoms with van der Waals surface area (Å²) in [7, 11) is 1.02. The number of carboxylic acids is 1. The molecule has 1 aliphatic rings. The zero-order valence-corrected chi connectivity index (χ0v) is 7.24. The molecule has 1 rings (SSSR count). The van der Waals surface area contributed by atoms with E-state index >= 15 is 0 Å². The zero-order chi connectivity index (χ0) is 8.97. The van der Waals surface area contributed by atoms with Gasteiger partial charge in [-0.15, -0.1) is 0 Å². The Kier molecular flexibility index (Phi) is 3.41. The van der Waals surface area contributed by atoms with Crippen LogP contribution in [0.2, 0.25) is 0 Å². The number of aliphatic hydroxyl groups excluding tert-OH is 1. The highest BCUT2D eigenvalue weighted by molar-refractivity contribution is 7.40. The molecule has 0 saturated heterocycles. The Morgan fingerprint density at radius 2 is 2.50 bits per heavy atom. The molecule has 0 spiro atoms. The molecule has 0 amide bonds. The standard InChI is InChI=1S/C7H10NO3P/c9-4-5(7(10)11)8-6-2-1-3-12-6/h1-3,5-6,8-9H,4H2,(H,10,11). The Balaban J connectivity index is 2.42. The lowest BCUT2D eigenvalue weighted by atomic mass is 10.3. The van der Waals surface area contributed by atoms with Crippen LogP contribution in [0.15, 0.2) is 12.2 Å². The molecule has 2 unspecified atom stereocenters. The number of aliphatic carboxylic acids is 1. The molecule has 1 aliphatic heterocycles. The van der Waals surface area contributed by atoms with Crippen molar-refractivity contribution in [3.63, 3.8) is 0 Å². The average molecular weight is 187 g/mol. The van der Waals surface area contributed by atoms with E-state index in [1.807, 2.05) is 17.9 Å². The Morgan fingerprint density at radius 1 is 1.75 bits per heavy atom. The normalized spacial score (nSPS) is 24.2. The Hall–Kier alpha value is -0.700. The van der Waals surface area contributed by atoms with E-state index < -0.39 is 12.0 Å². The molecule has 5 heteroatoms. The molecule has 2 atom stereocenters. The molecule has 1 heterocycles. The first-order valence-corrected chi connectivity index (χ1v) is 4.57. The highest BCUT2D eigenvalue weighted by atomic mass is 31.1. The fourth-order valence-electron chi connectivity index (χ4n) is 0.854. The summed E-state index contributed by atoms with van der Waals surface area (Å²) in [6.45, 7) is -0.380. The Morgan fingerprint density at radius 3 is 2.92 bits per heavy atom. The number of carboxylic acid groups (broad SMARTS) is 1. The van der Waals surface area contributed by atoms with Gasteiger partial charge in [-0.2, -0.15) is 0 Å². The van der Waals surface area contributed by atoms with Gasteiger partial charge in [-0.05, 0) is 5.80 Å². The maximum atomic E-state index is 10.5. The summed E-state index contributed by atoms with van der Waals surface area (Å²) in [5, 5.41) is 20.0. The van der Waals surface area contributed by atoms with Crippen LogP contribution < -0.4 is 5.32 Å². The number of aliphatic hydroxyl groups is 1. The first-order valence-electron chi connectivity index (χ1n) is 3.53. The number of rotatable bonds is 4. The van der Waals surface area contributed by atoms with Gasteiger partial charge >= 0.3 is 5.97 Å². The van der Waals surface area contributed by atoms with Crippen molar-refractivity contribution in [3.8, 4) is 0 Å². The van der Waals surface area contributed by atoms with Gasteiger partial charge in [0, 0.05) is 0 Å².